The van der Waals surface area contributed by atoms with Crippen molar-refractivity contribution in [1.29, 1.82) is 0 Å². The summed E-state index contributed by atoms with van der Waals surface area (Å²) in [5.74, 6) is 0. The van der Waals surface area contributed by atoms with Crippen LogP contribution in [0.5, 0.6) is 0 Å². The molecule has 122 valence electrons. The fourth-order valence-electron chi connectivity index (χ4n) is 4.20. The molecule has 25 heavy (non-hydrogen) atoms. The van der Waals surface area contributed by atoms with E-state index in [1.165, 1.54) is 21.9 Å². The first-order valence-electron chi connectivity index (χ1n) is 8.17. The maximum Gasteiger partial charge on any atom is 0.223 e. The molecule has 0 radical (unpaired) electrons. The number of hydrogen-bond donors (Lipinski definition) is 0. The molecule has 4 heteroatoms. The van der Waals surface area contributed by atoms with Crippen molar-refractivity contribution >= 4 is 49.2 Å². The van der Waals surface area contributed by atoms with E-state index in [9.17, 15) is 0 Å². The largest absolute Gasteiger partial charge is 0.223 e. The lowest BCUT2D eigenvalue weighted by Gasteiger charge is -2.35. The van der Waals surface area contributed by atoms with Crippen molar-refractivity contribution < 1.29 is 0 Å². The summed E-state index contributed by atoms with van der Waals surface area (Å²) < 4.78 is 1.07. The van der Waals surface area contributed by atoms with Crippen LogP contribution in [0, 0.1) is 0 Å². The van der Waals surface area contributed by atoms with Crippen LogP contribution in [0.25, 0.3) is 32.9 Å². The van der Waals surface area contributed by atoms with E-state index in [4.69, 9.17) is 11.6 Å². The van der Waals surface area contributed by atoms with E-state index >= 15 is 0 Å². The summed E-state index contributed by atoms with van der Waals surface area (Å²) in [7, 11) is 0. The van der Waals surface area contributed by atoms with E-state index in [2.05, 4.69) is 82.2 Å². The molecule has 0 unspecified atom stereocenters. The molecule has 2 nitrogen and oxygen atoms in total. The van der Waals surface area contributed by atoms with Gasteiger partial charge in [0.25, 0.3) is 0 Å². The number of hydrogen-bond acceptors (Lipinski definition) is 2. The third-order valence-corrected chi connectivity index (χ3v) is 6.07. The van der Waals surface area contributed by atoms with Gasteiger partial charge >= 0.3 is 0 Å². The summed E-state index contributed by atoms with van der Waals surface area (Å²) in [6, 6.07) is 16.9. The van der Waals surface area contributed by atoms with E-state index in [-0.39, 0.29) is 10.7 Å². The van der Waals surface area contributed by atoms with Gasteiger partial charge < -0.3 is 0 Å². The third kappa shape index (κ3) is 1.97. The SMILES string of the molecule is CC1(C)c2c(cc(Br)c3ccccc23)-c2nc(Cl)nc3cccc1c23. The fourth-order valence-corrected chi connectivity index (χ4v) is 4.95. The maximum absolute atomic E-state index is 6.24. The molecule has 1 aliphatic carbocycles. The second kappa shape index (κ2) is 5.03. The van der Waals surface area contributed by atoms with E-state index in [0.29, 0.717) is 0 Å². The molecule has 0 bridgehead atoms. The topological polar surface area (TPSA) is 25.8 Å². The highest BCUT2D eigenvalue weighted by atomic mass is 79.9. The monoisotopic (exact) mass is 408 g/mol. The quantitative estimate of drug-likeness (QED) is 0.310. The molecule has 1 aliphatic rings. The van der Waals surface area contributed by atoms with Gasteiger partial charge in [-0.3, -0.25) is 0 Å². The Bertz CT molecular complexity index is 1200. The molecule has 0 aliphatic heterocycles. The van der Waals surface area contributed by atoms with Gasteiger partial charge in [-0.1, -0.05) is 66.2 Å². The first-order valence-corrected chi connectivity index (χ1v) is 9.34. The molecular weight excluding hydrogens is 396 g/mol. The molecule has 1 heterocycles. The Morgan fingerprint density at radius 2 is 1.72 bits per heavy atom. The van der Waals surface area contributed by atoms with E-state index in [1.807, 2.05) is 6.07 Å². The molecule has 0 spiro atoms. The number of rotatable bonds is 0. The Kier molecular flexibility index (Phi) is 3.08. The minimum absolute atomic E-state index is 0.153. The minimum atomic E-state index is -0.153. The Morgan fingerprint density at radius 1 is 0.960 bits per heavy atom. The van der Waals surface area contributed by atoms with Crippen LogP contribution in [0.1, 0.15) is 25.0 Å². The van der Waals surface area contributed by atoms with Crippen molar-refractivity contribution in [3.8, 4) is 11.3 Å². The van der Waals surface area contributed by atoms with Crippen molar-refractivity contribution in [3.63, 3.8) is 0 Å². The lowest BCUT2D eigenvalue weighted by Crippen LogP contribution is -2.25. The van der Waals surface area contributed by atoms with Gasteiger partial charge in [0.2, 0.25) is 5.28 Å². The third-order valence-electron chi connectivity index (χ3n) is 5.24. The van der Waals surface area contributed by atoms with Crippen LogP contribution in [-0.4, -0.2) is 9.97 Å². The van der Waals surface area contributed by atoms with E-state index in [1.54, 1.807) is 0 Å². The van der Waals surface area contributed by atoms with Crippen LogP contribution in [0.15, 0.2) is 53.0 Å². The van der Waals surface area contributed by atoms with Gasteiger partial charge in [0.1, 0.15) is 0 Å². The second-order valence-electron chi connectivity index (χ2n) is 6.99. The summed E-state index contributed by atoms with van der Waals surface area (Å²) in [5.41, 5.74) is 5.34. The lowest BCUT2D eigenvalue weighted by molar-refractivity contribution is 0.650. The minimum Gasteiger partial charge on any atom is -0.218 e. The maximum atomic E-state index is 6.24. The molecule has 5 rings (SSSR count). The molecule has 1 aromatic heterocycles. The van der Waals surface area contributed by atoms with Crippen LogP contribution >= 0.6 is 27.5 Å². The van der Waals surface area contributed by atoms with Crippen molar-refractivity contribution in [3.05, 3.63) is 69.4 Å². The van der Waals surface area contributed by atoms with Gasteiger partial charge in [0.15, 0.2) is 0 Å². The predicted molar refractivity (Wildman–Crippen MR) is 107 cm³/mol. The molecule has 0 amide bonds. The lowest BCUT2D eigenvalue weighted by atomic mass is 9.68. The number of aromatic nitrogens is 2. The van der Waals surface area contributed by atoms with E-state index < -0.39 is 0 Å². The number of benzene rings is 3. The fraction of sp³-hybridized carbons (Fsp3) is 0.143. The highest BCUT2D eigenvalue weighted by Gasteiger charge is 2.36. The van der Waals surface area contributed by atoms with Gasteiger partial charge in [-0.05, 0) is 45.6 Å². The van der Waals surface area contributed by atoms with Crippen molar-refractivity contribution in [2.75, 3.05) is 0 Å². The Balaban J connectivity index is 2.09. The highest BCUT2D eigenvalue weighted by molar-refractivity contribution is 9.10. The van der Waals surface area contributed by atoms with Crippen LogP contribution < -0.4 is 0 Å². The summed E-state index contributed by atoms with van der Waals surface area (Å²) >= 11 is 9.98. The summed E-state index contributed by atoms with van der Waals surface area (Å²) in [6.45, 7) is 4.55. The van der Waals surface area contributed by atoms with Gasteiger partial charge in [-0.25, -0.2) is 9.97 Å². The molecule has 0 saturated carbocycles. The molecular formula is C21H14BrClN2. The van der Waals surface area contributed by atoms with E-state index in [0.717, 1.165) is 26.6 Å². The predicted octanol–water partition coefficient (Wildman–Crippen LogP) is 6.51. The summed E-state index contributed by atoms with van der Waals surface area (Å²) in [5, 5.41) is 3.85. The first kappa shape index (κ1) is 15.3. The number of nitrogens with zero attached hydrogens (tertiary/aromatic N) is 2. The zero-order chi connectivity index (χ0) is 17.3. The zero-order valence-electron chi connectivity index (χ0n) is 13.8. The van der Waals surface area contributed by atoms with Crippen LogP contribution in [-0.2, 0) is 5.41 Å². The van der Waals surface area contributed by atoms with Crippen molar-refractivity contribution in [2.45, 2.75) is 19.3 Å². The normalized spacial score (nSPS) is 14.7. The Morgan fingerprint density at radius 3 is 2.52 bits per heavy atom. The first-order chi connectivity index (χ1) is 12.0. The smallest absolute Gasteiger partial charge is 0.218 e. The summed E-state index contributed by atoms with van der Waals surface area (Å²) in [6.07, 6.45) is 0. The molecule has 4 aromatic rings. The average Bonchev–Trinajstić information content (AvgIpc) is 2.59. The van der Waals surface area contributed by atoms with Crippen molar-refractivity contribution in [2.24, 2.45) is 0 Å². The van der Waals surface area contributed by atoms with Gasteiger partial charge in [-0.2, -0.15) is 0 Å². The molecule has 3 aromatic carbocycles. The molecule has 0 N–H and O–H groups in total. The highest BCUT2D eigenvalue weighted by Crippen LogP contribution is 2.51. The standard InChI is InChI=1S/C21H14BrClN2/c1-21(2)14-8-5-9-16-17(14)19(25-20(23)24-16)13-10-15(22)11-6-3-4-7-12(11)18(13)21/h3-10H,1-2H3. The van der Waals surface area contributed by atoms with Gasteiger partial charge in [0, 0.05) is 20.8 Å². The van der Waals surface area contributed by atoms with Crippen LogP contribution in [0.2, 0.25) is 5.28 Å². The van der Waals surface area contributed by atoms with Gasteiger partial charge in [-0.15, -0.1) is 0 Å². The molecule has 0 fully saturated rings. The van der Waals surface area contributed by atoms with Gasteiger partial charge in [0.05, 0.1) is 11.2 Å². The Labute approximate surface area is 159 Å². The molecule has 0 atom stereocenters. The number of halogens is 2. The molecule has 0 saturated heterocycles. The number of fused-ring (bicyclic) bond motifs is 4. The van der Waals surface area contributed by atoms with Crippen molar-refractivity contribution in [1.82, 2.24) is 9.97 Å². The average molecular weight is 410 g/mol. The van der Waals surface area contributed by atoms with Crippen LogP contribution in [0.3, 0.4) is 0 Å². The summed E-state index contributed by atoms with van der Waals surface area (Å²) in [4.78, 5) is 9.07. The zero-order valence-corrected chi connectivity index (χ0v) is 16.1. The second-order valence-corrected chi connectivity index (χ2v) is 8.18. The van der Waals surface area contributed by atoms with Crippen LogP contribution in [0.4, 0.5) is 0 Å². The Hall–Kier alpha value is -1.97.